The lowest BCUT2D eigenvalue weighted by atomic mass is 10.1. The zero-order valence-corrected chi connectivity index (χ0v) is 13.6. The predicted molar refractivity (Wildman–Crippen MR) is 85.8 cm³/mol. The van der Waals surface area contributed by atoms with Gasteiger partial charge in [-0.1, -0.05) is 12.1 Å². The summed E-state index contributed by atoms with van der Waals surface area (Å²) in [6.45, 7) is 0.203. The van der Waals surface area contributed by atoms with Gasteiger partial charge in [-0.3, -0.25) is 4.79 Å². The van der Waals surface area contributed by atoms with Crippen LogP contribution in [0, 0.1) is 0 Å². The van der Waals surface area contributed by atoms with Gasteiger partial charge in [-0.05, 0) is 24.3 Å². The molecule has 0 aliphatic carbocycles. The molecule has 146 valence electrons. The lowest BCUT2D eigenvalue weighted by Crippen LogP contribution is -2.28. The van der Waals surface area contributed by atoms with Gasteiger partial charge < -0.3 is 25.3 Å². The van der Waals surface area contributed by atoms with Gasteiger partial charge in [-0.25, -0.2) is 9.59 Å². The van der Waals surface area contributed by atoms with Crippen molar-refractivity contribution in [1.82, 2.24) is 5.32 Å². The van der Waals surface area contributed by atoms with Gasteiger partial charge in [-0.15, -0.1) is 0 Å². The highest BCUT2D eigenvalue weighted by atomic mass is 19.4. The maximum atomic E-state index is 12.8. The number of carbonyl (C=O) groups excluding carboxylic acids is 1. The molecule has 2 rings (SSSR count). The highest BCUT2D eigenvalue weighted by molar-refractivity contribution is 6.27. The Kier molecular flexibility index (Phi) is 8.01. The van der Waals surface area contributed by atoms with E-state index in [0.29, 0.717) is 12.3 Å². The molecule has 0 atom stereocenters. The zero-order valence-electron chi connectivity index (χ0n) is 13.6. The third-order valence-corrected chi connectivity index (χ3v) is 2.85. The number of carboxylic acids is 2. The fourth-order valence-electron chi connectivity index (χ4n) is 1.75. The molecule has 0 saturated carbocycles. The van der Waals surface area contributed by atoms with Crippen LogP contribution in [0.1, 0.15) is 11.3 Å². The molecule has 2 aromatic rings. The van der Waals surface area contributed by atoms with Gasteiger partial charge in [0.2, 0.25) is 5.91 Å². The molecule has 1 heterocycles. The number of carbonyl (C=O) groups is 3. The van der Waals surface area contributed by atoms with Crippen molar-refractivity contribution in [3.63, 3.8) is 0 Å². The van der Waals surface area contributed by atoms with E-state index in [1.165, 1.54) is 24.5 Å². The number of alkyl halides is 3. The third-order valence-electron chi connectivity index (χ3n) is 2.85. The molecule has 0 saturated heterocycles. The minimum atomic E-state index is -4.51. The third kappa shape index (κ3) is 8.05. The quantitative estimate of drug-likeness (QED) is 0.578. The first kappa shape index (κ1) is 21.7. The average molecular weight is 388 g/mol. The smallest absolute Gasteiger partial charge is 0.418 e. The minimum Gasteiger partial charge on any atom is -0.473 e. The Bertz CT molecular complexity index is 763. The van der Waals surface area contributed by atoms with Crippen molar-refractivity contribution in [3.8, 4) is 0 Å². The standard InChI is InChI=1S/C14H13F3N2O2.C2H2O4/c15-14(16,17)11-5-1-2-6-12(11)19-13(20)9-18-8-10-4-3-7-21-10;3-1(4)2(5)6/h1-7,18H,8-9H2,(H,19,20);(H,3,4)(H,5,6). The second-order valence-corrected chi connectivity index (χ2v) is 4.88. The van der Waals surface area contributed by atoms with Crippen LogP contribution in [0.25, 0.3) is 0 Å². The molecule has 0 aliphatic heterocycles. The molecule has 0 spiro atoms. The first-order valence-electron chi connectivity index (χ1n) is 7.26. The van der Waals surface area contributed by atoms with Crippen molar-refractivity contribution in [2.75, 3.05) is 11.9 Å². The number of hydrogen-bond acceptors (Lipinski definition) is 5. The monoisotopic (exact) mass is 388 g/mol. The Labute approximate surface area is 150 Å². The molecule has 1 amide bonds. The molecular weight excluding hydrogens is 373 g/mol. The van der Waals surface area contributed by atoms with Gasteiger partial charge in [0.1, 0.15) is 5.76 Å². The number of hydrogen-bond donors (Lipinski definition) is 4. The molecular formula is C16H15F3N2O6. The van der Waals surface area contributed by atoms with Crippen LogP contribution in [0.2, 0.25) is 0 Å². The predicted octanol–water partition coefficient (Wildman–Crippen LogP) is 2.18. The number of halogens is 3. The van der Waals surface area contributed by atoms with E-state index in [4.69, 9.17) is 24.2 Å². The van der Waals surface area contributed by atoms with E-state index in [0.717, 1.165) is 6.07 Å². The Balaban J connectivity index is 0.000000527. The minimum absolute atomic E-state index is 0.118. The molecule has 0 aliphatic rings. The summed E-state index contributed by atoms with van der Waals surface area (Å²) in [5.74, 6) is -3.57. The van der Waals surface area contributed by atoms with Crippen LogP contribution in [0.4, 0.5) is 18.9 Å². The van der Waals surface area contributed by atoms with E-state index in [1.807, 2.05) is 0 Å². The van der Waals surface area contributed by atoms with Crippen molar-refractivity contribution in [2.24, 2.45) is 0 Å². The van der Waals surface area contributed by atoms with Gasteiger partial charge in [0.05, 0.1) is 30.6 Å². The molecule has 1 aromatic carbocycles. The molecule has 0 radical (unpaired) electrons. The second kappa shape index (κ2) is 9.97. The number of benzene rings is 1. The van der Waals surface area contributed by atoms with Gasteiger partial charge in [0.15, 0.2) is 0 Å². The lowest BCUT2D eigenvalue weighted by Gasteiger charge is -2.13. The number of rotatable bonds is 5. The maximum absolute atomic E-state index is 12.8. The summed E-state index contributed by atoms with van der Waals surface area (Å²) in [6, 6.07) is 8.27. The van der Waals surface area contributed by atoms with Gasteiger partial charge in [0, 0.05) is 0 Å². The Morgan fingerprint density at radius 2 is 1.63 bits per heavy atom. The normalized spacial score (nSPS) is 10.5. The SMILES string of the molecule is O=C(CNCc1ccco1)Nc1ccccc1C(F)(F)F.O=C(O)C(=O)O. The second-order valence-electron chi connectivity index (χ2n) is 4.88. The molecule has 1 aromatic heterocycles. The van der Waals surface area contributed by atoms with E-state index < -0.39 is 29.6 Å². The molecule has 0 unspecified atom stereocenters. The van der Waals surface area contributed by atoms with Crippen molar-refractivity contribution in [3.05, 3.63) is 54.0 Å². The molecule has 4 N–H and O–H groups in total. The first-order chi connectivity index (χ1) is 12.6. The summed E-state index contributed by atoms with van der Waals surface area (Å²) in [6.07, 6.45) is -3.01. The van der Waals surface area contributed by atoms with E-state index in [-0.39, 0.29) is 12.2 Å². The Hall–Kier alpha value is -3.34. The zero-order chi connectivity index (χ0) is 20.4. The lowest BCUT2D eigenvalue weighted by molar-refractivity contribution is -0.159. The van der Waals surface area contributed by atoms with Gasteiger partial charge in [-0.2, -0.15) is 13.2 Å². The molecule has 8 nitrogen and oxygen atoms in total. The summed E-state index contributed by atoms with van der Waals surface area (Å²) >= 11 is 0. The summed E-state index contributed by atoms with van der Waals surface area (Å²) in [5, 5.41) is 19.8. The molecule has 0 fully saturated rings. The van der Waals surface area contributed by atoms with Crippen molar-refractivity contribution in [1.29, 1.82) is 0 Å². The number of para-hydroxylation sites is 1. The van der Waals surface area contributed by atoms with Crippen LogP contribution < -0.4 is 10.6 Å². The van der Waals surface area contributed by atoms with E-state index in [9.17, 15) is 18.0 Å². The van der Waals surface area contributed by atoms with Crippen LogP contribution in [-0.2, 0) is 27.1 Å². The van der Waals surface area contributed by atoms with E-state index >= 15 is 0 Å². The first-order valence-corrected chi connectivity index (χ1v) is 7.26. The average Bonchev–Trinajstić information content (AvgIpc) is 3.08. The van der Waals surface area contributed by atoms with Crippen molar-refractivity contribution < 1.29 is 42.2 Å². The van der Waals surface area contributed by atoms with Crippen LogP contribution in [0.3, 0.4) is 0 Å². The van der Waals surface area contributed by atoms with Crippen molar-refractivity contribution >= 4 is 23.5 Å². The molecule has 27 heavy (non-hydrogen) atoms. The number of nitrogens with one attached hydrogen (secondary N) is 2. The Morgan fingerprint density at radius 3 is 2.15 bits per heavy atom. The van der Waals surface area contributed by atoms with Crippen molar-refractivity contribution in [2.45, 2.75) is 12.7 Å². The highest BCUT2D eigenvalue weighted by Gasteiger charge is 2.33. The van der Waals surface area contributed by atoms with E-state index in [2.05, 4.69) is 10.6 Å². The van der Waals surface area contributed by atoms with Gasteiger partial charge in [0.25, 0.3) is 0 Å². The van der Waals surface area contributed by atoms with Crippen LogP contribution >= 0.6 is 0 Å². The molecule has 0 bridgehead atoms. The maximum Gasteiger partial charge on any atom is 0.418 e. The summed E-state index contributed by atoms with van der Waals surface area (Å²) < 4.78 is 43.3. The fraction of sp³-hybridized carbons (Fsp3) is 0.188. The number of aliphatic carboxylic acids is 2. The summed E-state index contributed by atoms with van der Waals surface area (Å²) in [5.41, 5.74) is -1.13. The topological polar surface area (TPSA) is 129 Å². The molecule has 11 heteroatoms. The Morgan fingerprint density at radius 1 is 1.00 bits per heavy atom. The summed E-state index contributed by atoms with van der Waals surface area (Å²) in [4.78, 5) is 29.8. The number of carboxylic acid groups (broad SMARTS) is 2. The summed E-state index contributed by atoms with van der Waals surface area (Å²) in [7, 11) is 0. The fourth-order valence-corrected chi connectivity index (χ4v) is 1.75. The van der Waals surface area contributed by atoms with E-state index in [1.54, 1.807) is 12.1 Å². The number of anilines is 1. The van der Waals surface area contributed by atoms with Crippen LogP contribution in [-0.4, -0.2) is 34.6 Å². The largest absolute Gasteiger partial charge is 0.473 e. The van der Waals surface area contributed by atoms with Crippen LogP contribution in [0.5, 0.6) is 0 Å². The number of furan rings is 1. The van der Waals surface area contributed by atoms with Crippen LogP contribution in [0.15, 0.2) is 47.1 Å². The number of amides is 1. The highest BCUT2D eigenvalue weighted by Crippen LogP contribution is 2.34. The van der Waals surface area contributed by atoms with Gasteiger partial charge >= 0.3 is 18.1 Å².